The van der Waals surface area contributed by atoms with E-state index in [4.69, 9.17) is 8.83 Å². The first kappa shape index (κ1) is 16.1. The summed E-state index contributed by atoms with van der Waals surface area (Å²) in [5.41, 5.74) is 1.48. The molecule has 0 aliphatic carbocycles. The molecule has 1 aliphatic heterocycles. The third kappa shape index (κ3) is 3.37. The van der Waals surface area contributed by atoms with E-state index in [9.17, 15) is 4.79 Å². The molecule has 1 aliphatic rings. The molecule has 1 aromatic carbocycles. The molecule has 4 rings (SSSR count). The number of carbonyl (C=O) groups excluding carboxylic acids is 1. The van der Waals surface area contributed by atoms with Gasteiger partial charge in [-0.25, -0.2) is 0 Å². The molecule has 0 N–H and O–H groups in total. The highest BCUT2D eigenvalue weighted by Gasteiger charge is 2.28. The Bertz CT molecular complexity index is 867. The van der Waals surface area contributed by atoms with Crippen LogP contribution in [0, 0.1) is 0 Å². The van der Waals surface area contributed by atoms with Crippen molar-refractivity contribution in [2.45, 2.75) is 18.8 Å². The lowest BCUT2D eigenvalue weighted by Crippen LogP contribution is -2.38. The van der Waals surface area contributed by atoms with Gasteiger partial charge in [0.1, 0.15) is 6.26 Å². The summed E-state index contributed by atoms with van der Waals surface area (Å²) in [6, 6.07) is 9.27. The van der Waals surface area contributed by atoms with Gasteiger partial charge in [0.2, 0.25) is 5.89 Å². The fourth-order valence-corrected chi connectivity index (χ4v) is 3.44. The summed E-state index contributed by atoms with van der Waals surface area (Å²) in [4.78, 5) is 14.5. The van der Waals surface area contributed by atoms with Crippen LogP contribution in [0.3, 0.4) is 0 Å². The number of hydrogen-bond donors (Lipinski definition) is 0. The standard InChI is InChI=1S/C18H16BrN3O3/c19-15-3-1-2-13(10-15)18(23)22-7-4-12(5-8-22)16-20-21-17(25-16)14-6-9-24-11-14/h1-3,6,9-12H,4-5,7-8H2. The third-order valence-electron chi connectivity index (χ3n) is 4.41. The number of nitrogens with zero attached hydrogens (tertiary/aromatic N) is 3. The van der Waals surface area contributed by atoms with Gasteiger partial charge in [-0.15, -0.1) is 10.2 Å². The number of rotatable bonds is 3. The highest BCUT2D eigenvalue weighted by atomic mass is 79.9. The zero-order valence-corrected chi connectivity index (χ0v) is 15.0. The van der Waals surface area contributed by atoms with Crippen molar-refractivity contribution in [1.29, 1.82) is 0 Å². The van der Waals surface area contributed by atoms with Crippen LogP contribution in [0.5, 0.6) is 0 Å². The Balaban J connectivity index is 1.41. The molecule has 0 spiro atoms. The van der Waals surface area contributed by atoms with Crippen molar-refractivity contribution in [2.24, 2.45) is 0 Å². The van der Waals surface area contributed by atoms with Crippen molar-refractivity contribution in [3.63, 3.8) is 0 Å². The minimum Gasteiger partial charge on any atom is -0.472 e. The number of piperidine rings is 1. The molecule has 128 valence electrons. The van der Waals surface area contributed by atoms with Gasteiger partial charge >= 0.3 is 0 Å². The Labute approximate surface area is 153 Å². The molecule has 25 heavy (non-hydrogen) atoms. The van der Waals surface area contributed by atoms with Crippen LogP contribution in [0.2, 0.25) is 0 Å². The molecule has 0 saturated carbocycles. The summed E-state index contributed by atoms with van der Waals surface area (Å²) >= 11 is 3.41. The molecule has 3 heterocycles. The predicted octanol–water partition coefficient (Wildman–Crippen LogP) is 4.11. The van der Waals surface area contributed by atoms with Gasteiger partial charge in [0.05, 0.1) is 11.8 Å². The van der Waals surface area contributed by atoms with E-state index in [-0.39, 0.29) is 11.8 Å². The first-order chi connectivity index (χ1) is 12.2. The molecule has 1 saturated heterocycles. The Morgan fingerprint density at radius 3 is 2.76 bits per heavy atom. The molecular formula is C18H16BrN3O3. The van der Waals surface area contributed by atoms with E-state index >= 15 is 0 Å². The number of halogens is 1. The van der Waals surface area contributed by atoms with Crippen LogP contribution in [-0.2, 0) is 0 Å². The van der Waals surface area contributed by atoms with Crippen LogP contribution >= 0.6 is 15.9 Å². The summed E-state index contributed by atoms with van der Waals surface area (Å²) < 4.78 is 11.7. The van der Waals surface area contributed by atoms with Gasteiger partial charge in [-0.1, -0.05) is 22.0 Å². The van der Waals surface area contributed by atoms with E-state index in [1.807, 2.05) is 29.2 Å². The van der Waals surface area contributed by atoms with Crippen LogP contribution in [0.1, 0.15) is 35.0 Å². The summed E-state index contributed by atoms with van der Waals surface area (Å²) in [6.45, 7) is 1.36. The highest BCUT2D eigenvalue weighted by molar-refractivity contribution is 9.10. The third-order valence-corrected chi connectivity index (χ3v) is 4.90. The minimum absolute atomic E-state index is 0.0596. The van der Waals surface area contributed by atoms with Gasteiger partial charge in [-0.2, -0.15) is 0 Å². The van der Waals surface area contributed by atoms with Crippen molar-refractivity contribution in [3.8, 4) is 11.5 Å². The van der Waals surface area contributed by atoms with Crippen LogP contribution in [0.4, 0.5) is 0 Å². The monoisotopic (exact) mass is 401 g/mol. The van der Waals surface area contributed by atoms with Gasteiger partial charge in [0.15, 0.2) is 0 Å². The van der Waals surface area contributed by atoms with Crippen molar-refractivity contribution in [3.05, 3.63) is 58.8 Å². The van der Waals surface area contributed by atoms with Crippen LogP contribution in [0.25, 0.3) is 11.5 Å². The first-order valence-electron chi connectivity index (χ1n) is 8.11. The topological polar surface area (TPSA) is 72.4 Å². The van der Waals surface area contributed by atoms with Crippen LogP contribution in [0.15, 0.2) is 56.2 Å². The van der Waals surface area contributed by atoms with Crippen molar-refractivity contribution >= 4 is 21.8 Å². The molecule has 2 aromatic heterocycles. The predicted molar refractivity (Wildman–Crippen MR) is 94.0 cm³/mol. The summed E-state index contributed by atoms with van der Waals surface area (Å²) in [5, 5.41) is 8.25. The Morgan fingerprint density at radius 2 is 2.04 bits per heavy atom. The average Bonchev–Trinajstić information content (AvgIpc) is 3.32. The molecule has 1 amide bonds. The molecular weight excluding hydrogens is 386 g/mol. The van der Waals surface area contributed by atoms with E-state index in [1.54, 1.807) is 18.6 Å². The molecule has 0 atom stereocenters. The molecule has 0 radical (unpaired) electrons. The lowest BCUT2D eigenvalue weighted by atomic mass is 9.96. The van der Waals surface area contributed by atoms with Gasteiger partial charge < -0.3 is 13.7 Å². The van der Waals surface area contributed by atoms with Crippen molar-refractivity contribution in [1.82, 2.24) is 15.1 Å². The Hall–Kier alpha value is -2.41. The van der Waals surface area contributed by atoms with E-state index in [1.165, 1.54) is 0 Å². The quantitative estimate of drug-likeness (QED) is 0.659. The van der Waals surface area contributed by atoms with E-state index in [0.717, 1.165) is 22.9 Å². The zero-order chi connectivity index (χ0) is 17.2. The molecule has 3 aromatic rings. The SMILES string of the molecule is O=C(c1cccc(Br)c1)N1CCC(c2nnc(-c3ccoc3)o2)CC1. The van der Waals surface area contributed by atoms with Crippen molar-refractivity contribution < 1.29 is 13.6 Å². The second-order valence-electron chi connectivity index (χ2n) is 6.03. The first-order valence-corrected chi connectivity index (χ1v) is 8.91. The number of amides is 1. The van der Waals surface area contributed by atoms with Crippen LogP contribution < -0.4 is 0 Å². The normalized spacial score (nSPS) is 15.5. The maximum Gasteiger partial charge on any atom is 0.253 e. The molecule has 6 nitrogen and oxygen atoms in total. The lowest BCUT2D eigenvalue weighted by molar-refractivity contribution is 0.0706. The number of likely N-dealkylation sites (tertiary alicyclic amines) is 1. The molecule has 1 fully saturated rings. The molecule has 0 bridgehead atoms. The Kier molecular flexibility index (Phi) is 4.40. The maximum absolute atomic E-state index is 12.6. The summed E-state index contributed by atoms with van der Waals surface area (Å²) in [6.07, 6.45) is 4.78. The van der Waals surface area contributed by atoms with Gasteiger partial charge in [-0.3, -0.25) is 4.79 Å². The molecule has 0 unspecified atom stereocenters. The van der Waals surface area contributed by atoms with Gasteiger partial charge in [-0.05, 0) is 37.1 Å². The molecule has 7 heteroatoms. The summed E-state index contributed by atoms with van der Waals surface area (Å²) in [5.74, 6) is 1.34. The van der Waals surface area contributed by atoms with Crippen molar-refractivity contribution in [2.75, 3.05) is 13.1 Å². The second kappa shape index (κ2) is 6.84. The zero-order valence-electron chi connectivity index (χ0n) is 13.4. The van der Waals surface area contributed by atoms with E-state index in [2.05, 4.69) is 26.1 Å². The minimum atomic E-state index is 0.0596. The lowest BCUT2D eigenvalue weighted by Gasteiger charge is -2.30. The van der Waals surface area contributed by atoms with Gasteiger partial charge in [0.25, 0.3) is 11.8 Å². The Morgan fingerprint density at radius 1 is 1.20 bits per heavy atom. The number of furan rings is 1. The highest BCUT2D eigenvalue weighted by Crippen LogP contribution is 2.30. The van der Waals surface area contributed by atoms with Crippen LogP contribution in [-0.4, -0.2) is 34.1 Å². The fraction of sp³-hybridized carbons (Fsp3) is 0.278. The number of benzene rings is 1. The average molecular weight is 402 g/mol. The maximum atomic E-state index is 12.6. The number of aromatic nitrogens is 2. The van der Waals surface area contributed by atoms with Gasteiger partial charge in [0, 0.05) is 29.0 Å². The van der Waals surface area contributed by atoms with E-state index < -0.39 is 0 Å². The smallest absolute Gasteiger partial charge is 0.253 e. The number of hydrogen-bond acceptors (Lipinski definition) is 5. The summed E-state index contributed by atoms with van der Waals surface area (Å²) in [7, 11) is 0. The largest absolute Gasteiger partial charge is 0.472 e. The number of carbonyl (C=O) groups is 1. The fourth-order valence-electron chi connectivity index (χ4n) is 3.04. The van der Waals surface area contributed by atoms with E-state index in [0.29, 0.717) is 30.4 Å². The second-order valence-corrected chi connectivity index (χ2v) is 6.95.